The first-order valence-electron chi connectivity index (χ1n) is 3.19. The van der Waals surface area contributed by atoms with Crippen LogP contribution in [0.25, 0.3) is 0 Å². The fourth-order valence-electron chi connectivity index (χ4n) is 0.822. The summed E-state index contributed by atoms with van der Waals surface area (Å²) in [6.45, 7) is 1.60. The van der Waals surface area contributed by atoms with E-state index in [0.29, 0.717) is 5.56 Å². The van der Waals surface area contributed by atoms with E-state index in [1.807, 2.05) is 0 Å². The molecule has 5 heteroatoms. The Morgan fingerprint density at radius 3 is 2.75 bits per heavy atom. The second-order valence-corrected chi connectivity index (χ2v) is 2.22. The van der Waals surface area contributed by atoms with Crippen molar-refractivity contribution in [2.45, 2.75) is 6.92 Å². The third-order valence-electron chi connectivity index (χ3n) is 1.42. The van der Waals surface area contributed by atoms with Gasteiger partial charge >= 0.3 is 5.97 Å². The summed E-state index contributed by atoms with van der Waals surface area (Å²) in [5, 5.41) is 11.2. The van der Waals surface area contributed by atoms with Crippen molar-refractivity contribution in [3.05, 3.63) is 28.4 Å². The summed E-state index contributed by atoms with van der Waals surface area (Å²) < 4.78 is 0. The van der Waals surface area contributed by atoms with E-state index in [-0.39, 0.29) is 11.4 Å². The van der Waals surface area contributed by atoms with Crippen molar-refractivity contribution in [2.24, 2.45) is 5.18 Å². The van der Waals surface area contributed by atoms with Gasteiger partial charge in [0, 0.05) is 6.20 Å². The summed E-state index contributed by atoms with van der Waals surface area (Å²) >= 11 is 0. The lowest BCUT2D eigenvalue weighted by Crippen LogP contribution is -2.00. The number of aryl methyl sites for hydroxylation is 1. The van der Waals surface area contributed by atoms with Crippen molar-refractivity contribution >= 4 is 11.7 Å². The number of aromatic carboxylic acids is 1. The highest BCUT2D eigenvalue weighted by molar-refractivity contribution is 5.91. The van der Waals surface area contributed by atoms with Gasteiger partial charge in [0.1, 0.15) is 5.69 Å². The number of aromatic nitrogens is 1. The first-order valence-corrected chi connectivity index (χ1v) is 3.19. The van der Waals surface area contributed by atoms with Gasteiger partial charge in [-0.15, -0.1) is 4.91 Å². The Morgan fingerprint density at radius 1 is 1.67 bits per heavy atom. The van der Waals surface area contributed by atoms with Crippen LogP contribution < -0.4 is 0 Å². The Morgan fingerprint density at radius 2 is 2.33 bits per heavy atom. The van der Waals surface area contributed by atoms with Gasteiger partial charge in [-0.25, -0.2) is 9.78 Å². The maximum absolute atomic E-state index is 10.5. The van der Waals surface area contributed by atoms with E-state index in [1.165, 1.54) is 12.3 Å². The monoisotopic (exact) mass is 166 g/mol. The third kappa shape index (κ3) is 1.29. The molecule has 1 aromatic heterocycles. The van der Waals surface area contributed by atoms with E-state index in [0.717, 1.165) is 0 Å². The maximum Gasteiger partial charge on any atom is 0.356 e. The number of nitroso groups, excluding NO2 is 1. The van der Waals surface area contributed by atoms with Crippen molar-refractivity contribution < 1.29 is 9.90 Å². The normalized spacial score (nSPS) is 9.42. The van der Waals surface area contributed by atoms with E-state index < -0.39 is 5.97 Å². The van der Waals surface area contributed by atoms with Crippen molar-refractivity contribution in [2.75, 3.05) is 0 Å². The SMILES string of the molecule is Cc1ccnc(C(=O)O)c1N=O. The van der Waals surface area contributed by atoms with Gasteiger partial charge in [0.05, 0.1) is 0 Å². The first-order chi connectivity index (χ1) is 5.66. The molecule has 62 valence electrons. The number of rotatable bonds is 2. The predicted molar refractivity (Wildman–Crippen MR) is 41.4 cm³/mol. The van der Waals surface area contributed by atoms with Gasteiger partial charge in [0.2, 0.25) is 0 Å². The van der Waals surface area contributed by atoms with Crippen molar-refractivity contribution in [3.63, 3.8) is 0 Å². The van der Waals surface area contributed by atoms with E-state index in [2.05, 4.69) is 10.2 Å². The van der Waals surface area contributed by atoms with Gasteiger partial charge < -0.3 is 5.11 Å². The van der Waals surface area contributed by atoms with Crippen molar-refractivity contribution in [1.82, 2.24) is 4.98 Å². The molecular formula is C7H6N2O3. The molecule has 1 rings (SSSR count). The Balaban J connectivity index is 3.37. The number of carbonyl (C=O) groups is 1. The maximum atomic E-state index is 10.5. The number of hydrogen-bond donors (Lipinski definition) is 1. The molecule has 0 atom stereocenters. The molecule has 1 heterocycles. The molecule has 0 spiro atoms. The molecule has 0 saturated heterocycles. The van der Waals surface area contributed by atoms with Gasteiger partial charge in [0.15, 0.2) is 5.69 Å². The standard InChI is InChI=1S/C7H6N2O3/c1-4-2-3-8-6(7(10)11)5(4)9-12/h2-3H,1H3,(H,10,11). The smallest absolute Gasteiger partial charge is 0.356 e. The Bertz CT molecular complexity index is 335. The second kappa shape index (κ2) is 3.08. The Labute approximate surface area is 68.0 Å². The average Bonchev–Trinajstić information content (AvgIpc) is 2.03. The van der Waals surface area contributed by atoms with Crippen LogP contribution in [0.15, 0.2) is 17.4 Å². The van der Waals surface area contributed by atoms with Gasteiger partial charge in [-0.05, 0) is 23.7 Å². The van der Waals surface area contributed by atoms with Crippen LogP contribution in [-0.2, 0) is 0 Å². The predicted octanol–water partition coefficient (Wildman–Crippen LogP) is 1.49. The lowest BCUT2D eigenvalue weighted by Gasteiger charge is -1.98. The zero-order valence-corrected chi connectivity index (χ0v) is 6.31. The van der Waals surface area contributed by atoms with E-state index in [4.69, 9.17) is 5.11 Å². The number of hydrogen-bond acceptors (Lipinski definition) is 4. The molecule has 0 unspecified atom stereocenters. The van der Waals surface area contributed by atoms with Crippen LogP contribution in [0.5, 0.6) is 0 Å². The lowest BCUT2D eigenvalue weighted by atomic mass is 10.2. The largest absolute Gasteiger partial charge is 0.476 e. The minimum Gasteiger partial charge on any atom is -0.476 e. The molecule has 0 aliphatic heterocycles. The van der Waals surface area contributed by atoms with E-state index in [1.54, 1.807) is 6.92 Å². The molecule has 0 aliphatic rings. The molecule has 0 saturated carbocycles. The molecule has 0 radical (unpaired) electrons. The minimum atomic E-state index is -1.24. The van der Waals surface area contributed by atoms with Gasteiger partial charge in [-0.3, -0.25) is 0 Å². The average molecular weight is 166 g/mol. The fraction of sp³-hybridized carbons (Fsp3) is 0.143. The second-order valence-electron chi connectivity index (χ2n) is 2.22. The first kappa shape index (κ1) is 8.32. The highest BCUT2D eigenvalue weighted by atomic mass is 16.4. The molecule has 0 aromatic carbocycles. The molecule has 1 aromatic rings. The molecule has 0 aliphatic carbocycles. The molecule has 0 bridgehead atoms. The van der Waals surface area contributed by atoms with Gasteiger partial charge in [-0.2, -0.15) is 0 Å². The zero-order chi connectivity index (χ0) is 9.14. The quantitative estimate of drug-likeness (QED) is 0.675. The number of pyridine rings is 1. The summed E-state index contributed by atoms with van der Waals surface area (Å²) in [4.78, 5) is 24.2. The number of nitrogens with zero attached hydrogens (tertiary/aromatic N) is 2. The van der Waals surface area contributed by atoms with Crippen LogP contribution in [0.4, 0.5) is 5.69 Å². The van der Waals surface area contributed by atoms with Gasteiger partial charge in [0.25, 0.3) is 0 Å². The highest BCUT2D eigenvalue weighted by Crippen LogP contribution is 2.20. The van der Waals surface area contributed by atoms with Crippen LogP contribution in [0.2, 0.25) is 0 Å². The van der Waals surface area contributed by atoms with Crippen LogP contribution in [0, 0.1) is 11.8 Å². The van der Waals surface area contributed by atoms with Crippen LogP contribution in [0.3, 0.4) is 0 Å². The summed E-state index contributed by atoms with van der Waals surface area (Å²) in [7, 11) is 0. The topological polar surface area (TPSA) is 79.6 Å². The molecule has 1 N–H and O–H groups in total. The van der Waals surface area contributed by atoms with Crippen LogP contribution in [-0.4, -0.2) is 16.1 Å². The summed E-state index contributed by atoms with van der Waals surface area (Å²) in [6.07, 6.45) is 1.33. The summed E-state index contributed by atoms with van der Waals surface area (Å²) in [5.74, 6) is -1.24. The van der Waals surface area contributed by atoms with Crippen molar-refractivity contribution in [1.29, 1.82) is 0 Å². The highest BCUT2D eigenvalue weighted by Gasteiger charge is 2.13. The Kier molecular flexibility index (Phi) is 2.14. The summed E-state index contributed by atoms with van der Waals surface area (Å²) in [6, 6.07) is 1.53. The minimum absolute atomic E-state index is 0.106. The molecule has 5 nitrogen and oxygen atoms in total. The summed E-state index contributed by atoms with van der Waals surface area (Å²) in [5.41, 5.74) is 0.104. The molecule has 0 fully saturated rings. The van der Waals surface area contributed by atoms with E-state index >= 15 is 0 Å². The third-order valence-corrected chi connectivity index (χ3v) is 1.42. The van der Waals surface area contributed by atoms with E-state index in [9.17, 15) is 9.70 Å². The molecular weight excluding hydrogens is 160 g/mol. The van der Waals surface area contributed by atoms with Gasteiger partial charge in [-0.1, -0.05) is 0 Å². The zero-order valence-electron chi connectivity index (χ0n) is 6.31. The number of carboxylic acids is 1. The Hall–Kier alpha value is -1.78. The van der Waals surface area contributed by atoms with Crippen LogP contribution in [0.1, 0.15) is 16.1 Å². The molecule has 12 heavy (non-hydrogen) atoms. The van der Waals surface area contributed by atoms with Crippen LogP contribution >= 0.6 is 0 Å². The lowest BCUT2D eigenvalue weighted by molar-refractivity contribution is 0.0691. The number of carboxylic acid groups (broad SMARTS) is 1. The fourth-order valence-corrected chi connectivity index (χ4v) is 0.822. The molecule has 0 amide bonds. The van der Waals surface area contributed by atoms with Crippen molar-refractivity contribution in [3.8, 4) is 0 Å².